The molecule has 0 saturated heterocycles. The second-order valence-electron chi connectivity index (χ2n) is 5.07. The Morgan fingerprint density at radius 2 is 1.95 bits per heavy atom. The summed E-state index contributed by atoms with van der Waals surface area (Å²) in [5, 5.41) is 2.99. The molecule has 1 unspecified atom stereocenters. The van der Waals surface area contributed by atoms with Gasteiger partial charge in [-0.05, 0) is 41.2 Å². The van der Waals surface area contributed by atoms with Crippen molar-refractivity contribution >= 4 is 17.5 Å². The third kappa shape index (κ3) is 2.56. The maximum atomic E-state index is 11.5. The molecule has 0 saturated carbocycles. The molecule has 3 rings (SSSR count). The summed E-state index contributed by atoms with van der Waals surface area (Å²) in [6.45, 7) is 0. The Kier molecular flexibility index (Phi) is 3.75. The van der Waals surface area contributed by atoms with Gasteiger partial charge in [-0.25, -0.2) is 0 Å². The molecule has 0 radical (unpaired) electrons. The minimum Gasteiger partial charge on any atom is -0.348 e. The van der Waals surface area contributed by atoms with Gasteiger partial charge in [0.25, 0.3) is 0 Å². The van der Waals surface area contributed by atoms with Gasteiger partial charge in [0, 0.05) is 0 Å². The van der Waals surface area contributed by atoms with Crippen LogP contribution in [0.1, 0.15) is 23.6 Å². The first kappa shape index (κ1) is 13.2. The van der Waals surface area contributed by atoms with Gasteiger partial charge in [0.15, 0.2) is 0 Å². The monoisotopic (exact) mass is 285 g/mol. The summed E-state index contributed by atoms with van der Waals surface area (Å²) in [5.74, 6) is -0.0841. The van der Waals surface area contributed by atoms with Crippen molar-refractivity contribution in [2.24, 2.45) is 0 Å². The van der Waals surface area contributed by atoms with E-state index >= 15 is 0 Å². The van der Waals surface area contributed by atoms with E-state index in [0.29, 0.717) is 0 Å². The second-order valence-corrected chi connectivity index (χ2v) is 5.34. The molecular formula is C17H16ClNO. The van der Waals surface area contributed by atoms with E-state index in [2.05, 4.69) is 35.6 Å². The number of alkyl halides is 1. The maximum absolute atomic E-state index is 11.5. The smallest absolute Gasteiger partial charge is 0.235 e. The molecule has 1 amide bonds. The standard InChI is InChI=1S/C17H16ClNO/c18-11-17(20)19-16-9-8-13-6-7-14(10-15(13)16)12-4-2-1-3-5-12/h1-7,10,16H,8-9,11H2,(H,19,20). The average molecular weight is 286 g/mol. The zero-order valence-electron chi connectivity index (χ0n) is 11.1. The highest BCUT2D eigenvalue weighted by molar-refractivity contribution is 6.27. The Bertz CT molecular complexity index is 624. The number of carbonyl (C=O) groups excluding carboxylic acids is 1. The summed E-state index contributed by atoms with van der Waals surface area (Å²) in [4.78, 5) is 11.5. The van der Waals surface area contributed by atoms with E-state index in [1.165, 1.54) is 22.3 Å². The molecule has 0 heterocycles. The number of amides is 1. The highest BCUT2D eigenvalue weighted by Crippen LogP contribution is 2.34. The molecular weight excluding hydrogens is 270 g/mol. The summed E-state index contributed by atoms with van der Waals surface area (Å²) in [5.41, 5.74) is 4.94. The van der Waals surface area contributed by atoms with Crippen molar-refractivity contribution < 1.29 is 4.79 Å². The van der Waals surface area contributed by atoms with Gasteiger partial charge in [0.2, 0.25) is 5.91 Å². The Morgan fingerprint density at radius 3 is 2.70 bits per heavy atom. The Balaban J connectivity index is 1.92. The SMILES string of the molecule is O=C(CCl)NC1CCc2ccc(-c3ccccc3)cc21. The molecule has 1 aliphatic rings. The van der Waals surface area contributed by atoms with Crippen molar-refractivity contribution in [2.45, 2.75) is 18.9 Å². The Hall–Kier alpha value is -1.80. The van der Waals surface area contributed by atoms with Gasteiger partial charge in [-0.2, -0.15) is 0 Å². The zero-order chi connectivity index (χ0) is 13.9. The van der Waals surface area contributed by atoms with E-state index in [1.54, 1.807) is 0 Å². The van der Waals surface area contributed by atoms with Crippen molar-refractivity contribution in [2.75, 3.05) is 5.88 Å². The molecule has 2 nitrogen and oxygen atoms in total. The summed E-state index contributed by atoms with van der Waals surface area (Å²) >= 11 is 5.57. The van der Waals surface area contributed by atoms with Gasteiger partial charge >= 0.3 is 0 Å². The zero-order valence-corrected chi connectivity index (χ0v) is 11.9. The minimum absolute atomic E-state index is 0.0181. The van der Waals surface area contributed by atoms with Crippen LogP contribution in [0.5, 0.6) is 0 Å². The normalized spacial score (nSPS) is 16.8. The van der Waals surface area contributed by atoms with Crippen molar-refractivity contribution in [3.8, 4) is 11.1 Å². The van der Waals surface area contributed by atoms with Gasteiger partial charge < -0.3 is 5.32 Å². The summed E-state index contributed by atoms with van der Waals surface area (Å²) in [6, 6.07) is 16.9. The van der Waals surface area contributed by atoms with Crippen molar-refractivity contribution in [1.82, 2.24) is 5.32 Å². The number of fused-ring (bicyclic) bond motifs is 1. The number of benzene rings is 2. The van der Waals surface area contributed by atoms with Crippen LogP contribution in [0.4, 0.5) is 0 Å². The quantitative estimate of drug-likeness (QED) is 0.856. The number of hydrogen-bond acceptors (Lipinski definition) is 1. The minimum atomic E-state index is -0.102. The number of aryl methyl sites for hydroxylation is 1. The Labute approximate surface area is 123 Å². The largest absolute Gasteiger partial charge is 0.348 e. The van der Waals surface area contributed by atoms with Gasteiger partial charge in [0.05, 0.1) is 6.04 Å². The molecule has 2 aromatic rings. The van der Waals surface area contributed by atoms with Gasteiger partial charge in [0.1, 0.15) is 5.88 Å². The molecule has 0 aromatic heterocycles. The van der Waals surface area contributed by atoms with Crippen LogP contribution in [0.3, 0.4) is 0 Å². The van der Waals surface area contributed by atoms with Crippen LogP contribution >= 0.6 is 11.6 Å². The molecule has 1 atom stereocenters. The molecule has 0 spiro atoms. The van der Waals surface area contributed by atoms with Crippen LogP contribution < -0.4 is 5.32 Å². The predicted octanol–water partition coefficient (Wildman–Crippen LogP) is 3.70. The fraction of sp³-hybridized carbons (Fsp3) is 0.235. The fourth-order valence-corrected chi connectivity index (χ4v) is 2.87. The van der Waals surface area contributed by atoms with Crippen LogP contribution in [0.15, 0.2) is 48.5 Å². The third-order valence-electron chi connectivity index (χ3n) is 3.79. The first-order valence-corrected chi connectivity index (χ1v) is 7.35. The fourth-order valence-electron chi connectivity index (χ4n) is 2.80. The summed E-state index contributed by atoms with van der Waals surface area (Å²) in [7, 11) is 0. The molecule has 1 N–H and O–H groups in total. The van der Waals surface area contributed by atoms with Crippen molar-refractivity contribution in [3.63, 3.8) is 0 Å². The van der Waals surface area contributed by atoms with Crippen LogP contribution in [0, 0.1) is 0 Å². The summed E-state index contributed by atoms with van der Waals surface area (Å²) in [6.07, 6.45) is 1.97. The lowest BCUT2D eigenvalue weighted by Gasteiger charge is -2.14. The second kappa shape index (κ2) is 5.68. The highest BCUT2D eigenvalue weighted by Gasteiger charge is 2.24. The van der Waals surface area contributed by atoms with E-state index in [0.717, 1.165) is 12.8 Å². The van der Waals surface area contributed by atoms with Gasteiger partial charge in [-0.3, -0.25) is 4.79 Å². The molecule has 3 heteroatoms. The van der Waals surface area contributed by atoms with Crippen molar-refractivity contribution in [1.29, 1.82) is 0 Å². The van der Waals surface area contributed by atoms with Crippen LogP contribution in [-0.4, -0.2) is 11.8 Å². The van der Waals surface area contributed by atoms with Crippen molar-refractivity contribution in [3.05, 3.63) is 59.7 Å². The number of rotatable bonds is 3. The van der Waals surface area contributed by atoms with Gasteiger partial charge in [-0.15, -0.1) is 11.6 Å². The molecule has 2 aromatic carbocycles. The topological polar surface area (TPSA) is 29.1 Å². The van der Waals surface area contributed by atoms with Crippen LogP contribution in [0.25, 0.3) is 11.1 Å². The molecule has 102 valence electrons. The van der Waals surface area contributed by atoms with E-state index in [-0.39, 0.29) is 17.8 Å². The van der Waals surface area contributed by atoms with Gasteiger partial charge in [-0.1, -0.05) is 42.5 Å². The van der Waals surface area contributed by atoms with Crippen LogP contribution in [0.2, 0.25) is 0 Å². The van der Waals surface area contributed by atoms with E-state index in [4.69, 9.17) is 11.6 Å². The van der Waals surface area contributed by atoms with Crippen LogP contribution in [-0.2, 0) is 11.2 Å². The molecule has 0 aliphatic heterocycles. The maximum Gasteiger partial charge on any atom is 0.235 e. The molecule has 1 aliphatic carbocycles. The lowest BCUT2D eigenvalue weighted by molar-refractivity contribution is -0.119. The first-order valence-electron chi connectivity index (χ1n) is 6.81. The van der Waals surface area contributed by atoms with E-state index in [9.17, 15) is 4.79 Å². The molecule has 0 bridgehead atoms. The highest BCUT2D eigenvalue weighted by atomic mass is 35.5. The third-order valence-corrected chi connectivity index (χ3v) is 4.03. The molecule has 0 fully saturated rings. The number of carbonyl (C=O) groups is 1. The lowest BCUT2D eigenvalue weighted by Crippen LogP contribution is -2.27. The van der Waals surface area contributed by atoms with E-state index < -0.39 is 0 Å². The first-order chi connectivity index (χ1) is 9.78. The average Bonchev–Trinajstić information content (AvgIpc) is 2.90. The number of nitrogens with one attached hydrogen (secondary N) is 1. The summed E-state index contributed by atoms with van der Waals surface area (Å²) < 4.78 is 0. The number of halogens is 1. The lowest BCUT2D eigenvalue weighted by atomic mass is 9.99. The van der Waals surface area contributed by atoms with E-state index in [1.807, 2.05) is 18.2 Å². The number of hydrogen-bond donors (Lipinski definition) is 1. The Morgan fingerprint density at radius 1 is 1.15 bits per heavy atom. The predicted molar refractivity (Wildman–Crippen MR) is 81.8 cm³/mol. The molecule has 20 heavy (non-hydrogen) atoms.